The minimum atomic E-state index is -3.87. The van der Waals surface area contributed by atoms with E-state index in [2.05, 4.69) is 19.8 Å². The number of hydrogen-bond acceptors (Lipinski definition) is 6. The molecule has 1 aromatic heterocycles. The summed E-state index contributed by atoms with van der Waals surface area (Å²) >= 11 is 11.9. The summed E-state index contributed by atoms with van der Waals surface area (Å²) in [5, 5.41) is 8.26. The Kier molecular flexibility index (Phi) is 6.33. The molecule has 2 aliphatic heterocycles. The third-order valence-corrected chi connectivity index (χ3v) is 8.20. The highest BCUT2D eigenvalue weighted by Gasteiger charge is 2.32. The van der Waals surface area contributed by atoms with Crippen LogP contribution in [0.25, 0.3) is 0 Å². The van der Waals surface area contributed by atoms with Crippen LogP contribution in [-0.2, 0) is 34.3 Å². The van der Waals surface area contributed by atoms with Gasteiger partial charge in [-0.25, -0.2) is 8.42 Å². The third-order valence-electron chi connectivity index (χ3n) is 6.41. The second kappa shape index (κ2) is 9.29. The number of carbonyl (C=O) groups is 1. The highest BCUT2D eigenvalue weighted by molar-refractivity contribution is 7.92. The van der Waals surface area contributed by atoms with Gasteiger partial charge in [0.15, 0.2) is 11.0 Å². The molecule has 0 fully saturated rings. The zero-order chi connectivity index (χ0) is 24.7. The van der Waals surface area contributed by atoms with Crippen LogP contribution in [0.2, 0.25) is 10.2 Å². The predicted molar refractivity (Wildman–Crippen MR) is 135 cm³/mol. The van der Waals surface area contributed by atoms with Gasteiger partial charge in [0.05, 0.1) is 4.90 Å². The van der Waals surface area contributed by atoms with Crippen molar-refractivity contribution in [3.8, 4) is 0 Å². The highest BCUT2D eigenvalue weighted by atomic mass is 35.5. The van der Waals surface area contributed by atoms with Crippen molar-refractivity contribution in [2.75, 3.05) is 16.2 Å². The second-order valence-electron chi connectivity index (χ2n) is 8.72. The van der Waals surface area contributed by atoms with E-state index in [1.54, 1.807) is 17.0 Å². The molecule has 0 saturated carbocycles. The molecule has 0 aliphatic carbocycles. The Morgan fingerprint density at radius 3 is 2.57 bits per heavy atom. The minimum Gasteiger partial charge on any atom is -0.360 e. The highest BCUT2D eigenvalue weighted by Crippen LogP contribution is 2.33. The van der Waals surface area contributed by atoms with Crippen molar-refractivity contribution < 1.29 is 13.2 Å². The number of benzene rings is 2. The van der Waals surface area contributed by atoms with Crippen molar-refractivity contribution in [1.29, 1.82) is 0 Å². The van der Waals surface area contributed by atoms with Gasteiger partial charge >= 0.3 is 0 Å². The molecular formula is C24H23Cl2N5O3S. The van der Waals surface area contributed by atoms with Crippen LogP contribution in [0, 0.1) is 0 Å². The fourth-order valence-corrected chi connectivity index (χ4v) is 6.00. The van der Waals surface area contributed by atoms with E-state index in [-0.39, 0.29) is 27.8 Å². The number of sulfonamides is 1. The standard InChI is InChI=1S/C24H23Cl2N5O3S/c1-15(31-10-2-3-16-11-19(25)5-7-21(16)31)24(32)30-13-17-4-6-20(12-18(17)14-30)35(33,34)29-23-9-8-22(26)27-28-23/h4-9,11-12,15H,2-3,10,13-14H2,1H3,(H,28,29)/t15-/m0/s1. The molecule has 1 amide bonds. The maximum Gasteiger partial charge on any atom is 0.263 e. The molecule has 3 heterocycles. The van der Waals surface area contributed by atoms with Gasteiger partial charge in [-0.15, -0.1) is 10.2 Å². The molecule has 2 aromatic carbocycles. The topological polar surface area (TPSA) is 95.5 Å². The Hall–Kier alpha value is -2.88. The van der Waals surface area contributed by atoms with Gasteiger partial charge in [-0.1, -0.05) is 29.3 Å². The van der Waals surface area contributed by atoms with Crippen LogP contribution in [0.4, 0.5) is 11.5 Å². The normalized spacial score (nSPS) is 16.0. The Bertz CT molecular complexity index is 1400. The van der Waals surface area contributed by atoms with Crippen molar-refractivity contribution >= 4 is 50.6 Å². The number of nitrogens with zero attached hydrogens (tertiary/aromatic N) is 4. The largest absolute Gasteiger partial charge is 0.360 e. The monoisotopic (exact) mass is 531 g/mol. The Labute approximate surface area is 213 Å². The maximum atomic E-state index is 13.4. The van der Waals surface area contributed by atoms with Crippen LogP contribution in [0.15, 0.2) is 53.4 Å². The summed E-state index contributed by atoms with van der Waals surface area (Å²) in [6.07, 6.45) is 1.90. The van der Waals surface area contributed by atoms with Gasteiger partial charge in [0.1, 0.15) is 6.04 Å². The van der Waals surface area contributed by atoms with E-state index in [0.29, 0.717) is 18.1 Å². The van der Waals surface area contributed by atoms with E-state index >= 15 is 0 Å². The number of aryl methyl sites for hydroxylation is 1. The molecule has 11 heteroatoms. The summed E-state index contributed by atoms with van der Waals surface area (Å²) in [5.41, 5.74) is 3.94. The third kappa shape index (κ3) is 4.80. The van der Waals surface area contributed by atoms with E-state index in [4.69, 9.17) is 23.2 Å². The number of aromatic nitrogens is 2. The summed E-state index contributed by atoms with van der Waals surface area (Å²) in [4.78, 5) is 17.4. The van der Waals surface area contributed by atoms with Crippen molar-refractivity contribution in [3.63, 3.8) is 0 Å². The van der Waals surface area contributed by atoms with Gasteiger partial charge in [-0.3, -0.25) is 9.52 Å². The molecule has 1 N–H and O–H groups in total. The minimum absolute atomic E-state index is 0.00275. The number of nitrogens with one attached hydrogen (secondary N) is 1. The Balaban J connectivity index is 1.31. The molecule has 0 unspecified atom stereocenters. The van der Waals surface area contributed by atoms with Crippen LogP contribution < -0.4 is 9.62 Å². The summed E-state index contributed by atoms with van der Waals surface area (Å²) in [5.74, 6) is 0.0756. The van der Waals surface area contributed by atoms with Crippen molar-refractivity contribution in [2.24, 2.45) is 0 Å². The molecule has 5 rings (SSSR count). The van der Waals surface area contributed by atoms with Gasteiger partial charge in [0, 0.05) is 30.3 Å². The van der Waals surface area contributed by atoms with Crippen LogP contribution in [0.5, 0.6) is 0 Å². The fourth-order valence-electron chi connectivity index (χ4n) is 4.66. The van der Waals surface area contributed by atoms with Gasteiger partial charge in [0.2, 0.25) is 5.91 Å². The zero-order valence-corrected chi connectivity index (χ0v) is 21.2. The molecule has 8 nitrogen and oxygen atoms in total. The number of fused-ring (bicyclic) bond motifs is 2. The molecule has 3 aromatic rings. The first-order chi connectivity index (χ1) is 16.7. The summed E-state index contributed by atoms with van der Waals surface area (Å²) < 4.78 is 28.1. The van der Waals surface area contributed by atoms with Crippen LogP contribution >= 0.6 is 23.2 Å². The SMILES string of the molecule is C[C@@H](C(=O)N1Cc2ccc(S(=O)(=O)Nc3ccc(Cl)nn3)cc2C1)N1CCCc2cc(Cl)ccc21. The Morgan fingerprint density at radius 1 is 1.00 bits per heavy atom. The predicted octanol–water partition coefficient (Wildman–Crippen LogP) is 4.27. The van der Waals surface area contributed by atoms with Gasteiger partial charge in [-0.2, -0.15) is 0 Å². The number of carbonyl (C=O) groups excluding carboxylic acids is 1. The molecule has 0 radical (unpaired) electrons. The van der Waals surface area contributed by atoms with Gasteiger partial charge < -0.3 is 9.80 Å². The molecule has 182 valence electrons. The molecular weight excluding hydrogens is 509 g/mol. The van der Waals surface area contributed by atoms with Crippen LogP contribution in [-0.4, -0.2) is 42.0 Å². The zero-order valence-electron chi connectivity index (χ0n) is 18.9. The molecule has 0 spiro atoms. The quantitative estimate of drug-likeness (QED) is 0.528. The van der Waals surface area contributed by atoms with Gasteiger partial charge in [-0.05, 0) is 78.9 Å². The van der Waals surface area contributed by atoms with E-state index in [1.807, 2.05) is 25.1 Å². The number of anilines is 2. The van der Waals surface area contributed by atoms with E-state index in [1.165, 1.54) is 18.2 Å². The molecule has 0 bridgehead atoms. The lowest BCUT2D eigenvalue weighted by Gasteiger charge is -2.37. The first kappa shape index (κ1) is 23.8. The van der Waals surface area contributed by atoms with Crippen LogP contribution in [0.1, 0.15) is 30.0 Å². The fraction of sp³-hybridized carbons (Fsp3) is 0.292. The molecule has 2 aliphatic rings. The average Bonchev–Trinajstić information content (AvgIpc) is 3.27. The Morgan fingerprint density at radius 2 is 1.80 bits per heavy atom. The molecule has 0 saturated heterocycles. The number of rotatable bonds is 5. The summed E-state index contributed by atoms with van der Waals surface area (Å²) in [7, 11) is -3.87. The van der Waals surface area contributed by atoms with Crippen molar-refractivity contribution in [2.45, 2.75) is 43.8 Å². The molecule has 1 atom stereocenters. The first-order valence-electron chi connectivity index (χ1n) is 11.2. The smallest absolute Gasteiger partial charge is 0.263 e. The second-order valence-corrected chi connectivity index (χ2v) is 11.2. The lowest BCUT2D eigenvalue weighted by Crippen LogP contribution is -2.47. The van der Waals surface area contributed by atoms with E-state index < -0.39 is 10.0 Å². The number of amides is 1. The number of hydrogen-bond donors (Lipinski definition) is 1. The van der Waals surface area contributed by atoms with Crippen LogP contribution in [0.3, 0.4) is 0 Å². The van der Waals surface area contributed by atoms with Gasteiger partial charge in [0.25, 0.3) is 10.0 Å². The van der Waals surface area contributed by atoms with E-state index in [9.17, 15) is 13.2 Å². The van der Waals surface area contributed by atoms with Crippen molar-refractivity contribution in [3.05, 3.63) is 75.4 Å². The number of halogens is 2. The molecule has 35 heavy (non-hydrogen) atoms. The summed E-state index contributed by atoms with van der Waals surface area (Å²) in [6, 6.07) is 13.2. The lowest BCUT2D eigenvalue weighted by atomic mass is 10.00. The maximum absolute atomic E-state index is 13.4. The average molecular weight is 532 g/mol. The first-order valence-corrected chi connectivity index (χ1v) is 13.4. The van der Waals surface area contributed by atoms with E-state index in [0.717, 1.165) is 41.8 Å². The lowest BCUT2D eigenvalue weighted by molar-refractivity contribution is -0.132. The summed E-state index contributed by atoms with van der Waals surface area (Å²) in [6.45, 7) is 3.51. The van der Waals surface area contributed by atoms with Crippen molar-refractivity contribution in [1.82, 2.24) is 15.1 Å².